The minimum atomic E-state index is -0.519. The number of fused-ring (bicyclic) bond motifs is 2. The number of hydrogen-bond donors (Lipinski definition) is 0. The summed E-state index contributed by atoms with van der Waals surface area (Å²) >= 11 is 0. The molecule has 1 saturated heterocycles. The zero-order chi connectivity index (χ0) is 26.5. The summed E-state index contributed by atoms with van der Waals surface area (Å²) in [6.07, 6.45) is 4.27. The van der Waals surface area contributed by atoms with Gasteiger partial charge in [-0.3, -0.25) is 4.68 Å². The Morgan fingerprint density at radius 3 is 2.70 bits per heavy atom. The summed E-state index contributed by atoms with van der Waals surface area (Å²) in [5.41, 5.74) is 3.61. The molecule has 5 rings (SSSR count). The number of ether oxygens (including phenoxy) is 2. The van der Waals surface area contributed by atoms with Crippen LogP contribution in [0.2, 0.25) is 0 Å². The molecule has 4 aromatic rings. The average Bonchev–Trinajstić information content (AvgIpc) is 3.48. The highest BCUT2D eigenvalue weighted by Crippen LogP contribution is 2.36. The molecule has 0 bridgehead atoms. The maximum absolute atomic E-state index is 12.5. The number of methoxy groups -OCH3 is 1. The standard InChI is InChI=1S/C27H33N7O3/c1-16-23-17(14-32(5)31-23)12-19(24(16)36-7)25-28-13-21-20(30-25)8-9-22(29-21)34-11-10-18(15-34)33(6)26(35)37-27(2,3)4/h8-9,12-14,18H,10-11,15H2,1-7H3. The average molecular weight is 504 g/mol. The number of aryl methyl sites for hydroxylation is 2. The molecule has 0 N–H and O–H groups in total. The number of amides is 1. The van der Waals surface area contributed by atoms with Crippen molar-refractivity contribution in [2.75, 3.05) is 32.1 Å². The summed E-state index contributed by atoms with van der Waals surface area (Å²) in [5, 5.41) is 5.55. The lowest BCUT2D eigenvalue weighted by atomic mass is 10.0. The van der Waals surface area contributed by atoms with Crippen LogP contribution in [-0.2, 0) is 11.8 Å². The first-order valence-electron chi connectivity index (χ1n) is 12.4. The fourth-order valence-electron chi connectivity index (χ4n) is 4.83. The third kappa shape index (κ3) is 4.75. The lowest BCUT2D eigenvalue weighted by Crippen LogP contribution is -2.42. The molecule has 10 nitrogen and oxygen atoms in total. The first-order chi connectivity index (χ1) is 17.5. The molecule has 1 aliphatic heterocycles. The number of carbonyl (C=O) groups is 1. The van der Waals surface area contributed by atoms with Gasteiger partial charge in [0.1, 0.15) is 22.7 Å². The second-order valence-corrected chi connectivity index (χ2v) is 10.6. The van der Waals surface area contributed by atoms with Gasteiger partial charge < -0.3 is 19.3 Å². The van der Waals surface area contributed by atoms with E-state index in [0.717, 1.165) is 46.3 Å². The van der Waals surface area contributed by atoms with Gasteiger partial charge in [-0.15, -0.1) is 0 Å². The number of likely N-dealkylation sites (N-methyl/N-ethyl adjacent to an activating group) is 1. The molecule has 1 unspecified atom stereocenters. The van der Waals surface area contributed by atoms with Gasteiger partial charge in [-0.25, -0.2) is 19.7 Å². The summed E-state index contributed by atoms with van der Waals surface area (Å²) < 4.78 is 13.1. The van der Waals surface area contributed by atoms with Gasteiger partial charge in [0.25, 0.3) is 0 Å². The van der Waals surface area contributed by atoms with Crippen molar-refractivity contribution in [3.05, 3.63) is 36.2 Å². The molecule has 1 amide bonds. The van der Waals surface area contributed by atoms with Crippen LogP contribution in [0.25, 0.3) is 33.3 Å². The van der Waals surface area contributed by atoms with Crippen LogP contribution in [0, 0.1) is 6.92 Å². The lowest BCUT2D eigenvalue weighted by Gasteiger charge is -2.28. The minimum absolute atomic E-state index is 0.0593. The quantitative estimate of drug-likeness (QED) is 0.406. The van der Waals surface area contributed by atoms with Gasteiger partial charge in [0.2, 0.25) is 0 Å². The molecule has 1 fully saturated rings. The van der Waals surface area contributed by atoms with Crippen molar-refractivity contribution in [2.45, 2.75) is 45.8 Å². The van der Waals surface area contributed by atoms with Crippen LogP contribution in [0.5, 0.6) is 5.75 Å². The topological polar surface area (TPSA) is 98.5 Å². The number of aromatic nitrogens is 5. The highest BCUT2D eigenvalue weighted by atomic mass is 16.6. The zero-order valence-corrected chi connectivity index (χ0v) is 22.4. The Morgan fingerprint density at radius 2 is 1.97 bits per heavy atom. The van der Waals surface area contributed by atoms with E-state index in [-0.39, 0.29) is 12.1 Å². The fourth-order valence-corrected chi connectivity index (χ4v) is 4.83. The Morgan fingerprint density at radius 1 is 1.19 bits per heavy atom. The largest absolute Gasteiger partial charge is 0.496 e. The molecule has 4 heterocycles. The van der Waals surface area contributed by atoms with Gasteiger partial charge in [-0.2, -0.15) is 5.10 Å². The van der Waals surface area contributed by atoms with Crippen molar-refractivity contribution in [1.82, 2.24) is 29.6 Å². The number of nitrogens with zero attached hydrogens (tertiary/aromatic N) is 7. The van der Waals surface area contributed by atoms with Crippen molar-refractivity contribution in [3.63, 3.8) is 0 Å². The van der Waals surface area contributed by atoms with E-state index < -0.39 is 5.60 Å². The van der Waals surface area contributed by atoms with Gasteiger partial charge >= 0.3 is 6.09 Å². The Labute approximate surface area is 216 Å². The Bertz CT molecular complexity index is 1490. The molecule has 1 aromatic carbocycles. The third-order valence-corrected chi connectivity index (χ3v) is 6.68. The Balaban J connectivity index is 1.39. The van der Waals surface area contributed by atoms with Crippen LogP contribution < -0.4 is 9.64 Å². The van der Waals surface area contributed by atoms with Crippen molar-refractivity contribution in [2.24, 2.45) is 7.05 Å². The first kappa shape index (κ1) is 24.7. The van der Waals surface area contributed by atoms with E-state index in [1.54, 1.807) is 29.9 Å². The van der Waals surface area contributed by atoms with Gasteiger partial charge in [0.05, 0.1) is 35.9 Å². The third-order valence-electron chi connectivity index (χ3n) is 6.68. The summed E-state index contributed by atoms with van der Waals surface area (Å²) in [6, 6.07) is 6.02. The summed E-state index contributed by atoms with van der Waals surface area (Å²) in [6.45, 7) is 9.11. The van der Waals surface area contributed by atoms with E-state index in [1.807, 2.05) is 59.1 Å². The predicted molar refractivity (Wildman–Crippen MR) is 143 cm³/mol. The number of benzene rings is 1. The van der Waals surface area contributed by atoms with Gasteiger partial charge in [0.15, 0.2) is 5.82 Å². The summed E-state index contributed by atoms with van der Waals surface area (Å²) in [4.78, 5) is 30.6. The molecule has 1 aliphatic rings. The zero-order valence-electron chi connectivity index (χ0n) is 22.4. The smallest absolute Gasteiger partial charge is 0.410 e. The van der Waals surface area contributed by atoms with Crippen LogP contribution in [0.15, 0.2) is 30.6 Å². The molecule has 1 atom stereocenters. The molecule has 0 radical (unpaired) electrons. The van der Waals surface area contributed by atoms with Crippen LogP contribution in [-0.4, -0.2) is 74.6 Å². The van der Waals surface area contributed by atoms with Gasteiger partial charge in [0, 0.05) is 44.3 Å². The monoisotopic (exact) mass is 503 g/mol. The van der Waals surface area contributed by atoms with E-state index in [4.69, 9.17) is 19.4 Å². The van der Waals surface area contributed by atoms with Crippen LogP contribution in [0.1, 0.15) is 32.8 Å². The molecular formula is C27H33N7O3. The van der Waals surface area contributed by atoms with Crippen LogP contribution in [0.4, 0.5) is 10.6 Å². The van der Waals surface area contributed by atoms with E-state index in [2.05, 4.69) is 15.0 Å². The van der Waals surface area contributed by atoms with Gasteiger partial charge in [-0.1, -0.05) is 0 Å². The highest BCUT2D eigenvalue weighted by molar-refractivity contribution is 5.91. The maximum Gasteiger partial charge on any atom is 0.410 e. The number of pyridine rings is 1. The minimum Gasteiger partial charge on any atom is -0.496 e. The van der Waals surface area contributed by atoms with Crippen LogP contribution in [0.3, 0.4) is 0 Å². The predicted octanol–water partition coefficient (Wildman–Crippen LogP) is 4.34. The molecule has 10 heteroatoms. The fraction of sp³-hybridized carbons (Fsp3) is 0.444. The Kier molecular flexibility index (Phi) is 6.13. The van der Waals surface area contributed by atoms with E-state index in [0.29, 0.717) is 23.6 Å². The number of hydrogen-bond acceptors (Lipinski definition) is 8. The van der Waals surface area contributed by atoms with E-state index in [9.17, 15) is 4.79 Å². The second-order valence-electron chi connectivity index (χ2n) is 10.6. The number of anilines is 1. The molecule has 37 heavy (non-hydrogen) atoms. The first-order valence-corrected chi connectivity index (χ1v) is 12.4. The SMILES string of the molecule is COc1c(-c2ncc3nc(N4CCC(N(C)C(=O)OC(C)(C)C)C4)ccc3n2)cc2cn(C)nc2c1C. The molecule has 0 spiro atoms. The van der Waals surface area contributed by atoms with Crippen molar-refractivity contribution in [3.8, 4) is 17.1 Å². The van der Waals surface area contributed by atoms with E-state index in [1.165, 1.54) is 0 Å². The second kappa shape index (κ2) is 9.17. The van der Waals surface area contributed by atoms with Crippen LogP contribution >= 0.6 is 0 Å². The van der Waals surface area contributed by atoms with Crippen molar-refractivity contribution in [1.29, 1.82) is 0 Å². The van der Waals surface area contributed by atoms with Crippen molar-refractivity contribution >= 4 is 33.8 Å². The summed E-state index contributed by atoms with van der Waals surface area (Å²) in [5.74, 6) is 2.13. The molecule has 194 valence electrons. The van der Waals surface area contributed by atoms with E-state index >= 15 is 0 Å². The number of rotatable bonds is 4. The summed E-state index contributed by atoms with van der Waals surface area (Å²) in [7, 11) is 5.35. The van der Waals surface area contributed by atoms with Crippen molar-refractivity contribution < 1.29 is 14.3 Å². The Hall–Kier alpha value is -3.95. The van der Waals surface area contributed by atoms with Gasteiger partial charge in [-0.05, 0) is 52.3 Å². The molecule has 0 saturated carbocycles. The molecule has 0 aliphatic carbocycles. The molecular weight excluding hydrogens is 470 g/mol. The highest BCUT2D eigenvalue weighted by Gasteiger charge is 2.31. The number of carbonyl (C=O) groups excluding carboxylic acids is 1. The molecule has 3 aromatic heterocycles. The normalized spacial score (nSPS) is 16.0. The maximum atomic E-state index is 12.5. The lowest BCUT2D eigenvalue weighted by molar-refractivity contribution is 0.0238.